The minimum absolute atomic E-state index is 0.0863. The Morgan fingerprint density at radius 2 is 2.44 bits per heavy atom. The molecular formula is C11H13BrClNO2. The number of rotatable bonds is 3. The van der Waals surface area contributed by atoms with E-state index < -0.39 is 0 Å². The lowest BCUT2D eigenvalue weighted by molar-refractivity contribution is -0.168. The molecule has 5 heteroatoms. The summed E-state index contributed by atoms with van der Waals surface area (Å²) in [4.78, 5) is 4.03. The lowest BCUT2D eigenvalue weighted by Gasteiger charge is -2.22. The molecule has 0 N–H and O–H groups in total. The molecule has 0 aromatic carbocycles. The molecule has 1 aromatic rings. The molecule has 2 rings (SSSR count). The largest absolute Gasteiger partial charge is 0.353 e. The highest BCUT2D eigenvalue weighted by Gasteiger charge is 2.14. The lowest BCUT2D eigenvalue weighted by atomic mass is 10.2. The van der Waals surface area contributed by atoms with Gasteiger partial charge in [-0.3, -0.25) is 0 Å². The molecule has 0 bridgehead atoms. The van der Waals surface area contributed by atoms with E-state index in [0.717, 1.165) is 29.6 Å². The van der Waals surface area contributed by atoms with Gasteiger partial charge in [0, 0.05) is 18.4 Å². The van der Waals surface area contributed by atoms with E-state index in [1.165, 1.54) is 6.42 Å². The van der Waals surface area contributed by atoms with Gasteiger partial charge in [-0.2, -0.15) is 0 Å². The van der Waals surface area contributed by atoms with Gasteiger partial charge >= 0.3 is 0 Å². The molecule has 0 amide bonds. The minimum Gasteiger partial charge on any atom is -0.353 e. The number of aromatic nitrogens is 1. The van der Waals surface area contributed by atoms with Gasteiger partial charge in [0.2, 0.25) is 0 Å². The van der Waals surface area contributed by atoms with Crippen molar-refractivity contribution >= 4 is 27.5 Å². The summed E-state index contributed by atoms with van der Waals surface area (Å²) in [6, 6.07) is 1.87. The quantitative estimate of drug-likeness (QED) is 0.800. The molecule has 1 aliphatic rings. The summed E-state index contributed by atoms with van der Waals surface area (Å²) < 4.78 is 11.9. The van der Waals surface area contributed by atoms with Crippen LogP contribution in [-0.2, 0) is 16.1 Å². The zero-order chi connectivity index (χ0) is 11.4. The first-order valence-corrected chi connectivity index (χ1v) is 6.46. The fraction of sp³-hybridized carbons (Fsp3) is 0.545. The number of nitrogens with zero attached hydrogens (tertiary/aromatic N) is 1. The van der Waals surface area contributed by atoms with Crippen molar-refractivity contribution in [3.05, 3.63) is 27.5 Å². The smallest absolute Gasteiger partial charge is 0.158 e. The summed E-state index contributed by atoms with van der Waals surface area (Å²) in [6.45, 7) is 1.25. The van der Waals surface area contributed by atoms with E-state index in [4.69, 9.17) is 21.1 Å². The van der Waals surface area contributed by atoms with Gasteiger partial charge in [-0.1, -0.05) is 11.6 Å². The normalized spacial score (nSPS) is 21.0. The molecule has 1 atom stereocenters. The van der Waals surface area contributed by atoms with Crippen molar-refractivity contribution in [2.75, 3.05) is 6.61 Å². The predicted octanol–water partition coefficient (Wildman–Crippen LogP) is 3.54. The molecule has 2 heterocycles. The highest BCUT2D eigenvalue weighted by atomic mass is 79.9. The van der Waals surface area contributed by atoms with Crippen LogP contribution >= 0.6 is 27.5 Å². The number of pyridine rings is 1. The Hall–Kier alpha value is -0.160. The van der Waals surface area contributed by atoms with Crippen LogP contribution in [0.1, 0.15) is 24.8 Å². The van der Waals surface area contributed by atoms with Crippen molar-refractivity contribution in [3.8, 4) is 0 Å². The van der Waals surface area contributed by atoms with Gasteiger partial charge in [-0.15, -0.1) is 0 Å². The van der Waals surface area contributed by atoms with Gasteiger partial charge in [-0.05, 0) is 41.3 Å². The second-order valence-corrected chi connectivity index (χ2v) is 4.93. The van der Waals surface area contributed by atoms with Crippen LogP contribution in [0.4, 0.5) is 0 Å². The molecule has 1 fully saturated rings. The zero-order valence-corrected chi connectivity index (χ0v) is 11.1. The van der Waals surface area contributed by atoms with E-state index in [2.05, 4.69) is 20.9 Å². The van der Waals surface area contributed by atoms with E-state index in [9.17, 15) is 0 Å². The number of halogens is 2. The van der Waals surface area contributed by atoms with Gasteiger partial charge in [0.15, 0.2) is 6.29 Å². The number of ether oxygens (including phenoxy) is 2. The van der Waals surface area contributed by atoms with Gasteiger partial charge in [0.1, 0.15) is 4.60 Å². The molecule has 0 radical (unpaired) electrons. The van der Waals surface area contributed by atoms with Crippen LogP contribution in [0.2, 0.25) is 5.02 Å². The summed E-state index contributed by atoms with van der Waals surface area (Å²) in [5.41, 5.74) is 0.928. The topological polar surface area (TPSA) is 31.4 Å². The van der Waals surface area contributed by atoms with Crippen LogP contribution in [0, 0.1) is 0 Å². The SMILES string of the molecule is Clc1cnc(Br)cc1COC1CCCCO1. The van der Waals surface area contributed by atoms with Crippen LogP contribution in [0.5, 0.6) is 0 Å². The summed E-state index contributed by atoms with van der Waals surface area (Å²) in [5, 5.41) is 0.624. The van der Waals surface area contributed by atoms with E-state index >= 15 is 0 Å². The molecule has 1 aromatic heterocycles. The van der Waals surface area contributed by atoms with Gasteiger partial charge in [0.05, 0.1) is 11.6 Å². The van der Waals surface area contributed by atoms with E-state index in [-0.39, 0.29) is 6.29 Å². The Bertz CT molecular complexity index is 356. The monoisotopic (exact) mass is 305 g/mol. The highest BCUT2D eigenvalue weighted by Crippen LogP contribution is 2.21. The van der Waals surface area contributed by atoms with Crippen LogP contribution < -0.4 is 0 Å². The summed E-state index contributed by atoms with van der Waals surface area (Å²) >= 11 is 9.32. The Balaban J connectivity index is 1.90. The lowest BCUT2D eigenvalue weighted by Crippen LogP contribution is -2.22. The molecule has 0 aliphatic carbocycles. The Morgan fingerprint density at radius 3 is 3.19 bits per heavy atom. The highest BCUT2D eigenvalue weighted by molar-refractivity contribution is 9.10. The molecule has 0 spiro atoms. The summed E-state index contributed by atoms with van der Waals surface area (Å²) in [7, 11) is 0. The number of hydrogen-bond acceptors (Lipinski definition) is 3. The fourth-order valence-electron chi connectivity index (χ4n) is 1.59. The van der Waals surface area contributed by atoms with Crippen molar-refractivity contribution < 1.29 is 9.47 Å². The zero-order valence-electron chi connectivity index (χ0n) is 8.79. The summed E-state index contributed by atoms with van der Waals surface area (Å²) in [6.07, 6.45) is 4.78. The van der Waals surface area contributed by atoms with Crippen LogP contribution in [0.15, 0.2) is 16.9 Å². The van der Waals surface area contributed by atoms with Gasteiger partial charge < -0.3 is 9.47 Å². The molecule has 1 saturated heterocycles. The maximum absolute atomic E-state index is 6.01. The maximum atomic E-state index is 6.01. The molecular weight excluding hydrogens is 293 g/mol. The van der Waals surface area contributed by atoms with Crippen LogP contribution in [0.25, 0.3) is 0 Å². The Kier molecular flexibility index (Phi) is 4.58. The average Bonchev–Trinajstić information content (AvgIpc) is 2.32. The van der Waals surface area contributed by atoms with Crippen LogP contribution in [0.3, 0.4) is 0 Å². The van der Waals surface area contributed by atoms with Crippen molar-refractivity contribution in [1.29, 1.82) is 0 Å². The Labute approximate surface area is 108 Å². The van der Waals surface area contributed by atoms with Gasteiger partial charge in [0.25, 0.3) is 0 Å². The standard InChI is InChI=1S/C11H13BrClNO2/c12-10-5-8(9(13)6-14-10)7-16-11-3-1-2-4-15-11/h5-6,11H,1-4,7H2. The predicted molar refractivity (Wildman–Crippen MR) is 65.3 cm³/mol. The average molecular weight is 307 g/mol. The van der Waals surface area contributed by atoms with E-state index in [1.54, 1.807) is 6.20 Å². The first-order valence-electron chi connectivity index (χ1n) is 5.29. The molecule has 3 nitrogen and oxygen atoms in total. The van der Waals surface area contributed by atoms with E-state index in [1.807, 2.05) is 6.07 Å². The van der Waals surface area contributed by atoms with Crippen molar-refractivity contribution in [3.63, 3.8) is 0 Å². The molecule has 1 unspecified atom stereocenters. The second kappa shape index (κ2) is 5.96. The van der Waals surface area contributed by atoms with Gasteiger partial charge in [-0.25, -0.2) is 4.98 Å². The third kappa shape index (κ3) is 3.42. The fourth-order valence-corrected chi connectivity index (χ4v) is 2.12. The second-order valence-electron chi connectivity index (χ2n) is 3.71. The minimum atomic E-state index is -0.0863. The molecule has 88 valence electrons. The third-order valence-corrected chi connectivity index (χ3v) is 3.24. The maximum Gasteiger partial charge on any atom is 0.158 e. The molecule has 0 saturated carbocycles. The van der Waals surface area contributed by atoms with Crippen molar-refractivity contribution in [2.24, 2.45) is 0 Å². The molecule has 1 aliphatic heterocycles. The van der Waals surface area contributed by atoms with Crippen LogP contribution in [-0.4, -0.2) is 17.9 Å². The third-order valence-electron chi connectivity index (χ3n) is 2.46. The first-order chi connectivity index (χ1) is 7.75. The van der Waals surface area contributed by atoms with Crippen molar-refractivity contribution in [2.45, 2.75) is 32.2 Å². The summed E-state index contributed by atoms with van der Waals surface area (Å²) in [5.74, 6) is 0. The number of hydrogen-bond donors (Lipinski definition) is 0. The molecule has 16 heavy (non-hydrogen) atoms. The Morgan fingerprint density at radius 1 is 1.56 bits per heavy atom. The van der Waals surface area contributed by atoms with Crippen molar-refractivity contribution in [1.82, 2.24) is 4.98 Å². The first kappa shape index (κ1) is 12.3. The van der Waals surface area contributed by atoms with E-state index in [0.29, 0.717) is 11.6 Å².